The van der Waals surface area contributed by atoms with E-state index in [1.165, 1.54) is 21.3 Å². The standard InChI is InChI=1S/C50H66N10O11S/c1-31(59(46(66)70-49(8,9)10)27-19-26-51-44(64)68-47(2,3)4)34-28-52-60(57-34)29-35-37(40(61)53-35)55-41(62)38(36-30-72-43(54-36)56-45(65)69-48(5,6)7)58-71-50(24-17-18-25-50)42(63)67-39(32-20-13-11-14-21-32)33-22-15-12-16-23-33/h11-16,20-23,28,30-31,35,37,39H,17-19,24-27,29H2,1-10H3,(H,51,64)(H,53,61)(H,55,62)(H,54,56,65)/b58-38-/t31-,35+,37-/m0/s1. The molecule has 3 atom stereocenters. The van der Waals surface area contributed by atoms with Crippen molar-refractivity contribution in [2.24, 2.45) is 5.16 Å². The van der Waals surface area contributed by atoms with Crippen LogP contribution in [0.1, 0.15) is 136 Å². The Morgan fingerprint density at radius 2 is 1.47 bits per heavy atom. The minimum Gasteiger partial charge on any atom is -0.450 e. The molecule has 1 aliphatic carbocycles. The van der Waals surface area contributed by atoms with Crippen LogP contribution in [0.15, 0.2) is 77.4 Å². The first-order valence-electron chi connectivity index (χ1n) is 23.9. The van der Waals surface area contributed by atoms with Crippen molar-refractivity contribution in [2.45, 2.75) is 155 Å². The number of oxime groups is 1. The molecule has 1 aliphatic heterocycles. The number of β-lactam (4-membered cyclic amide) rings is 1. The number of alkyl carbamates (subject to hydrolysis) is 1. The van der Waals surface area contributed by atoms with Gasteiger partial charge in [-0.15, -0.1) is 11.3 Å². The molecule has 1 saturated heterocycles. The molecule has 6 rings (SSSR count). The lowest BCUT2D eigenvalue weighted by atomic mass is 9.98. The number of carbonyl (C=O) groups is 6. The summed E-state index contributed by atoms with van der Waals surface area (Å²) in [6.07, 6.45) is 0.882. The van der Waals surface area contributed by atoms with Gasteiger partial charge in [0, 0.05) is 31.3 Å². The zero-order valence-corrected chi connectivity index (χ0v) is 43.3. The van der Waals surface area contributed by atoms with Crippen LogP contribution in [0.2, 0.25) is 0 Å². The lowest BCUT2D eigenvalue weighted by molar-refractivity contribution is -0.176. The first kappa shape index (κ1) is 54.2. The maximum absolute atomic E-state index is 14.4. The topological polar surface area (TPSA) is 256 Å². The van der Waals surface area contributed by atoms with Gasteiger partial charge in [0.1, 0.15) is 34.2 Å². The average Bonchev–Trinajstić information content (AvgIpc) is 4.09. The van der Waals surface area contributed by atoms with Gasteiger partial charge in [-0.3, -0.25) is 19.8 Å². The van der Waals surface area contributed by atoms with Crippen molar-refractivity contribution in [1.82, 2.24) is 40.8 Å². The minimum atomic E-state index is -1.58. The summed E-state index contributed by atoms with van der Waals surface area (Å²) in [6.45, 7) is 17.9. The van der Waals surface area contributed by atoms with Crippen LogP contribution in [-0.2, 0) is 44.7 Å². The number of nitrogens with one attached hydrogen (secondary N) is 4. The van der Waals surface area contributed by atoms with Gasteiger partial charge in [-0.2, -0.15) is 15.0 Å². The minimum absolute atomic E-state index is 0.0121. The Kier molecular flexibility index (Phi) is 17.3. The maximum Gasteiger partial charge on any atom is 0.413 e. The van der Waals surface area contributed by atoms with Crippen molar-refractivity contribution < 1.29 is 52.6 Å². The lowest BCUT2D eigenvalue weighted by Gasteiger charge is -2.36. The van der Waals surface area contributed by atoms with E-state index < -0.39 is 82.7 Å². The van der Waals surface area contributed by atoms with E-state index in [9.17, 15) is 28.8 Å². The van der Waals surface area contributed by atoms with Gasteiger partial charge < -0.3 is 39.7 Å². The van der Waals surface area contributed by atoms with Crippen molar-refractivity contribution >= 4 is 58.2 Å². The number of thiazole rings is 1. The van der Waals surface area contributed by atoms with Crippen LogP contribution in [0.5, 0.6) is 0 Å². The van der Waals surface area contributed by atoms with Gasteiger partial charge in [-0.05, 0) is 99.6 Å². The number of anilines is 1. The predicted octanol–water partition coefficient (Wildman–Crippen LogP) is 7.34. The summed E-state index contributed by atoms with van der Waals surface area (Å²) in [6, 6.07) is 16.2. The molecule has 0 radical (unpaired) electrons. The van der Waals surface area contributed by atoms with Gasteiger partial charge in [0.25, 0.3) is 5.91 Å². The molecule has 2 aromatic carbocycles. The molecule has 5 amide bonds. The van der Waals surface area contributed by atoms with Crippen LogP contribution < -0.4 is 21.3 Å². The summed E-state index contributed by atoms with van der Waals surface area (Å²) >= 11 is 0.993. The summed E-state index contributed by atoms with van der Waals surface area (Å²) in [7, 11) is 0. The largest absolute Gasteiger partial charge is 0.450 e. The third-order valence-corrected chi connectivity index (χ3v) is 11.8. The molecule has 72 heavy (non-hydrogen) atoms. The Bertz CT molecular complexity index is 2520. The van der Waals surface area contributed by atoms with Gasteiger partial charge in [0.05, 0.1) is 24.8 Å². The van der Waals surface area contributed by atoms with Crippen molar-refractivity contribution in [3.05, 3.63) is 94.8 Å². The smallest absolute Gasteiger partial charge is 0.413 e. The van der Waals surface area contributed by atoms with E-state index in [1.807, 2.05) is 60.7 Å². The van der Waals surface area contributed by atoms with Gasteiger partial charge in [0.2, 0.25) is 11.5 Å². The summed E-state index contributed by atoms with van der Waals surface area (Å²) in [5.74, 6) is -2.03. The van der Waals surface area contributed by atoms with Gasteiger partial charge in [-0.25, -0.2) is 24.2 Å². The maximum atomic E-state index is 14.4. The van der Waals surface area contributed by atoms with Crippen molar-refractivity contribution in [3.8, 4) is 0 Å². The second kappa shape index (κ2) is 23.0. The Balaban J connectivity index is 1.20. The zero-order chi connectivity index (χ0) is 52.4. The Morgan fingerprint density at radius 3 is 2.06 bits per heavy atom. The molecule has 0 spiro atoms. The normalized spacial score (nSPS) is 17.2. The SMILES string of the molecule is C[C@@H](c1cnn(C[C@H]2NC(=O)[C@H]2NC(=O)/C(=N\OC2(C(=O)OC(c3ccccc3)c3ccccc3)CCCC2)c2csc(NC(=O)OC(C)(C)C)n2)n1)N(CCCNC(=O)OC(C)(C)C)C(=O)OC(C)(C)C. The molecule has 22 heteroatoms. The number of ether oxygens (including phenoxy) is 4. The Labute approximate surface area is 423 Å². The molecule has 2 aromatic heterocycles. The molecule has 0 bridgehead atoms. The fourth-order valence-electron chi connectivity index (χ4n) is 7.66. The van der Waals surface area contributed by atoms with Crippen molar-refractivity contribution in [1.29, 1.82) is 0 Å². The number of carbonyl (C=O) groups excluding carboxylic acids is 6. The van der Waals surface area contributed by atoms with Crippen LogP contribution in [0, 0.1) is 0 Å². The third kappa shape index (κ3) is 15.2. The molecular weight excluding hydrogens is 949 g/mol. The zero-order valence-electron chi connectivity index (χ0n) is 42.5. The predicted molar refractivity (Wildman–Crippen MR) is 266 cm³/mol. The fraction of sp³-hybridized carbons (Fsp3) is 0.520. The number of aromatic nitrogens is 4. The number of hydrogen-bond acceptors (Lipinski definition) is 16. The van der Waals surface area contributed by atoms with Gasteiger partial charge >= 0.3 is 24.2 Å². The quantitative estimate of drug-likeness (QED) is 0.0190. The van der Waals surface area contributed by atoms with Crippen LogP contribution in [0.4, 0.5) is 19.5 Å². The first-order valence-corrected chi connectivity index (χ1v) is 24.8. The first-order chi connectivity index (χ1) is 33.9. The number of hydrogen-bond donors (Lipinski definition) is 4. The van der Waals surface area contributed by atoms with E-state index in [-0.39, 0.29) is 49.0 Å². The number of benzene rings is 2. The number of amides is 5. The van der Waals surface area contributed by atoms with Gasteiger partial charge in [0.15, 0.2) is 16.9 Å². The van der Waals surface area contributed by atoms with E-state index in [4.69, 9.17) is 23.8 Å². The number of rotatable bonds is 18. The highest BCUT2D eigenvalue weighted by molar-refractivity contribution is 7.14. The van der Waals surface area contributed by atoms with Crippen LogP contribution in [-0.4, -0.2) is 114 Å². The van der Waals surface area contributed by atoms with Crippen LogP contribution in [0.25, 0.3) is 0 Å². The van der Waals surface area contributed by atoms with E-state index in [0.717, 1.165) is 22.5 Å². The highest BCUT2D eigenvalue weighted by Crippen LogP contribution is 2.38. The summed E-state index contributed by atoms with van der Waals surface area (Å²) in [4.78, 5) is 93.7. The summed E-state index contributed by atoms with van der Waals surface area (Å²) < 4.78 is 22.7. The molecule has 2 aliphatic rings. The van der Waals surface area contributed by atoms with Crippen LogP contribution >= 0.6 is 11.3 Å². The molecule has 21 nitrogen and oxygen atoms in total. The van der Waals surface area contributed by atoms with E-state index in [2.05, 4.69) is 41.6 Å². The molecule has 388 valence electrons. The molecular formula is C50H66N10O11S. The van der Waals surface area contributed by atoms with E-state index >= 15 is 0 Å². The highest BCUT2D eigenvalue weighted by Gasteiger charge is 2.48. The van der Waals surface area contributed by atoms with Crippen molar-refractivity contribution in [2.75, 3.05) is 18.4 Å². The molecule has 4 aromatic rings. The summed E-state index contributed by atoms with van der Waals surface area (Å²) in [5.41, 5.74) is -2.33. The molecule has 4 N–H and O–H groups in total. The second-order valence-electron chi connectivity index (χ2n) is 20.5. The van der Waals surface area contributed by atoms with E-state index in [0.29, 0.717) is 25.0 Å². The molecule has 3 heterocycles. The van der Waals surface area contributed by atoms with Crippen LogP contribution in [0.3, 0.4) is 0 Å². The number of nitrogens with zero attached hydrogens (tertiary/aromatic N) is 6. The second-order valence-corrected chi connectivity index (χ2v) is 21.4. The molecule has 0 unspecified atom stereocenters. The Morgan fingerprint density at radius 1 is 0.875 bits per heavy atom. The highest BCUT2D eigenvalue weighted by atomic mass is 32.1. The monoisotopic (exact) mass is 1010 g/mol. The van der Waals surface area contributed by atoms with E-state index in [1.54, 1.807) is 69.2 Å². The van der Waals surface area contributed by atoms with Crippen molar-refractivity contribution in [3.63, 3.8) is 0 Å². The summed E-state index contributed by atoms with van der Waals surface area (Å²) in [5, 5.41) is 25.7. The molecule has 2 fully saturated rings. The molecule has 1 saturated carbocycles. The van der Waals surface area contributed by atoms with Gasteiger partial charge in [-0.1, -0.05) is 65.8 Å². The Hall–Kier alpha value is -7.10. The average molecular weight is 1020 g/mol. The number of esters is 1. The third-order valence-electron chi connectivity index (χ3n) is 11.1. The fourth-order valence-corrected chi connectivity index (χ4v) is 8.34. The lowest BCUT2D eigenvalue weighted by Crippen LogP contribution is -2.70.